The number of nitrogens with one attached hydrogen (secondary N) is 1. The van der Waals surface area contributed by atoms with Gasteiger partial charge in [0.2, 0.25) is 0 Å². The first-order valence-electron chi connectivity index (χ1n) is 8.18. The fourth-order valence-electron chi connectivity index (χ4n) is 2.88. The number of sulfonamides is 1. The monoisotopic (exact) mass is 407 g/mol. The van der Waals surface area contributed by atoms with Crippen LogP contribution in [0.3, 0.4) is 0 Å². The summed E-state index contributed by atoms with van der Waals surface area (Å²) in [6.07, 6.45) is 0.656. The molecule has 0 fully saturated rings. The minimum atomic E-state index is -3.82. The van der Waals surface area contributed by atoms with E-state index < -0.39 is 10.0 Å². The summed E-state index contributed by atoms with van der Waals surface area (Å²) in [6, 6.07) is 6.29. The lowest BCUT2D eigenvalue weighted by Gasteiger charge is -2.12. The van der Waals surface area contributed by atoms with Crippen LogP contribution in [0, 0.1) is 6.92 Å². The van der Waals surface area contributed by atoms with Crippen molar-refractivity contribution in [1.82, 2.24) is 10.1 Å². The average Bonchev–Trinajstić information content (AvgIpc) is 3.24. The molecule has 0 saturated carbocycles. The van der Waals surface area contributed by atoms with Crippen molar-refractivity contribution in [3.05, 3.63) is 40.5 Å². The van der Waals surface area contributed by atoms with E-state index in [0.717, 1.165) is 10.4 Å². The molecule has 0 bridgehead atoms. The quantitative estimate of drug-likeness (QED) is 0.693. The van der Waals surface area contributed by atoms with Crippen LogP contribution in [0.2, 0.25) is 0 Å². The number of fused-ring (bicyclic) bond motifs is 1. The van der Waals surface area contributed by atoms with Crippen LogP contribution in [0.4, 0.5) is 5.00 Å². The number of ether oxygens (including phenoxy) is 2. The minimum absolute atomic E-state index is 0.108. The molecule has 8 nitrogen and oxygen atoms in total. The molecule has 10 heteroatoms. The van der Waals surface area contributed by atoms with Gasteiger partial charge in [-0.3, -0.25) is 4.72 Å². The van der Waals surface area contributed by atoms with Crippen LogP contribution in [0.1, 0.15) is 16.3 Å². The molecular formula is C17H17N3O5S2. The molecule has 0 unspecified atom stereocenters. The number of methoxy groups -OCH3 is 1. The summed E-state index contributed by atoms with van der Waals surface area (Å²) in [6.45, 7) is 2.71. The van der Waals surface area contributed by atoms with Gasteiger partial charge in [0, 0.05) is 10.9 Å². The van der Waals surface area contributed by atoms with Crippen LogP contribution in [-0.2, 0) is 27.8 Å². The molecule has 1 N–H and O–H groups in total. The molecule has 1 aliphatic rings. The van der Waals surface area contributed by atoms with Gasteiger partial charge in [-0.15, -0.1) is 11.3 Å². The molecule has 142 valence electrons. The van der Waals surface area contributed by atoms with Gasteiger partial charge in [-0.25, -0.2) is 8.42 Å². The Balaban J connectivity index is 1.78. The van der Waals surface area contributed by atoms with Crippen molar-refractivity contribution >= 4 is 26.4 Å². The predicted octanol–water partition coefficient (Wildman–Crippen LogP) is 2.99. The molecule has 0 spiro atoms. The third-order valence-electron chi connectivity index (χ3n) is 4.14. The molecule has 4 rings (SSSR count). The number of nitrogens with zero attached hydrogens (tertiary/aromatic N) is 2. The summed E-state index contributed by atoms with van der Waals surface area (Å²) < 4.78 is 44.4. The van der Waals surface area contributed by atoms with Gasteiger partial charge in [-0.05, 0) is 31.0 Å². The minimum Gasteiger partial charge on any atom is -0.497 e. The highest BCUT2D eigenvalue weighted by atomic mass is 32.2. The maximum Gasteiger partial charge on any atom is 0.262 e. The molecule has 3 heterocycles. The van der Waals surface area contributed by atoms with Gasteiger partial charge in [-0.2, -0.15) is 4.98 Å². The molecule has 0 atom stereocenters. The van der Waals surface area contributed by atoms with Crippen LogP contribution in [0.5, 0.6) is 5.75 Å². The van der Waals surface area contributed by atoms with Gasteiger partial charge >= 0.3 is 0 Å². The van der Waals surface area contributed by atoms with E-state index in [1.54, 1.807) is 19.1 Å². The van der Waals surface area contributed by atoms with E-state index in [1.807, 2.05) is 0 Å². The van der Waals surface area contributed by atoms with E-state index in [9.17, 15) is 8.42 Å². The van der Waals surface area contributed by atoms with Gasteiger partial charge in [0.1, 0.15) is 10.8 Å². The Bertz CT molecular complexity index is 1090. The van der Waals surface area contributed by atoms with Crippen molar-refractivity contribution in [2.45, 2.75) is 24.8 Å². The number of hydrogen-bond donors (Lipinski definition) is 1. The largest absolute Gasteiger partial charge is 0.497 e. The lowest BCUT2D eigenvalue weighted by molar-refractivity contribution is 0.113. The lowest BCUT2D eigenvalue weighted by atomic mass is 10.1. The van der Waals surface area contributed by atoms with Crippen LogP contribution < -0.4 is 9.46 Å². The second-order valence-electron chi connectivity index (χ2n) is 5.94. The average molecular weight is 407 g/mol. The van der Waals surface area contributed by atoms with Crippen molar-refractivity contribution in [1.29, 1.82) is 0 Å². The zero-order chi connectivity index (χ0) is 19.0. The van der Waals surface area contributed by atoms with Gasteiger partial charge in [-0.1, -0.05) is 11.2 Å². The fourth-order valence-corrected chi connectivity index (χ4v) is 5.40. The number of thiophene rings is 1. The van der Waals surface area contributed by atoms with Crippen LogP contribution in [-0.4, -0.2) is 32.3 Å². The standard InChI is InChI=1S/C17H17N3O5S2/c1-10-18-16(25-19-10)15-13-6-7-24-9-14(13)26-17(15)20-27(21,22)12-5-3-4-11(8-12)23-2/h3-5,8,20H,6-7,9H2,1-2H3. The normalized spacial score (nSPS) is 14.0. The number of benzene rings is 1. The molecule has 0 amide bonds. The maximum absolute atomic E-state index is 12.9. The zero-order valence-electron chi connectivity index (χ0n) is 14.7. The molecule has 27 heavy (non-hydrogen) atoms. The van der Waals surface area contributed by atoms with Crippen molar-refractivity contribution < 1.29 is 22.4 Å². The van der Waals surface area contributed by atoms with Gasteiger partial charge in [0.15, 0.2) is 5.82 Å². The molecule has 0 radical (unpaired) electrons. The Hall–Kier alpha value is -2.43. The van der Waals surface area contributed by atoms with Crippen molar-refractivity contribution in [3.8, 4) is 17.2 Å². The highest BCUT2D eigenvalue weighted by Gasteiger charge is 2.28. The van der Waals surface area contributed by atoms with Crippen LogP contribution >= 0.6 is 11.3 Å². The van der Waals surface area contributed by atoms with E-state index in [4.69, 9.17) is 14.0 Å². The first-order valence-corrected chi connectivity index (χ1v) is 10.5. The first kappa shape index (κ1) is 18.0. The Morgan fingerprint density at radius 2 is 2.19 bits per heavy atom. The first-order chi connectivity index (χ1) is 13.0. The van der Waals surface area contributed by atoms with Crippen LogP contribution in [0.15, 0.2) is 33.7 Å². The summed E-state index contributed by atoms with van der Waals surface area (Å²) in [7, 11) is -2.33. The molecule has 1 aliphatic heterocycles. The number of aromatic nitrogens is 2. The summed E-state index contributed by atoms with van der Waals surface area (Å²) in [4.78, 5) is 5.35. The van der Waals surface area contributed by atoms with Crippen molar-refractivity contribution in [2.24, 2.45) is 0 Å². The number of anilines is 1. The Morgan fingerprint density at radius 1 is 1.33 bits per heavy atom. The van der Waals surface area contributed by atoms with Gasteiger partial charge in [0.05, 0.1) is 30.8 Å². The zero-order valence-corrected chi connectivity index (χ0v) is 16.3. The van der Waals surface area contributed by atoms with Crippen LogP contribution in [0.25, 0.3) is 11.5 Å². The molecule has 2 aromatic heterocycles. The Kier molecular flexibility index (Phi) is 4.62. The highest BCUT2D eigenvalue weighted by molar-refractivity contribution is 7.93. The summed E-state index contributed by atoms with van der Waals surface area (Å²) in [5.74, 6) is 1.25. The van der Waals surface area contributed by atoms with E-state index in [1.165, 1.54) is 30.6 Å². The topological polar surface area (TPSA) is 104 Å². The molecule has 1 aromatic carbocycles. The van der Waals surface area contributed by atoms with E-state index in [2.05, 4.69) is 14.9 Å². The third kappa shape index (κ3) is 3.43. The molecule has 3 aromatic rings. The molecule has 0 saturated heterocycles. The van der Waals surface area contributed by atoms with E-state index >= 15 is 0 Å². The smallest absolute Gasteiger partial charge is 0.262 e. The Labute approximate surface area is 160 Å². The molecule has 0 aliphatic carbocycles. The number of aryl methyl sites for hydroxylation is 1. The highest BCUT2D eigenvalue weighted by Crippen LogP contribution is 2.43. The summed E-state index contributed by atoms with van der Waals surface area (Å²) in [5.41, 5.74) is 1.61. The van der Waals surface area contributed by atoms with Gasteiger partial charge in [0.25, 0.3) is 15.9 Å². The number of hydrogen-bond acceptors (Lipinski definition) is 8. The maximum atomic E-state index is 12.9. The third-order valence-corrected chi connectivity index (χ3v) is 6.74. The van der Waals surface area contributed by atoms with Crippen molar-refractivity contribution in [2.75, 3.05) is 18.4 Å². The second kappa shape index (κ2) is 6.95. The summed E-state index contributed by atoms with van der Waals surface area (Å²) in [5, 5.41) is 4.28. The second-order valence-corrected chi connectivity index (χ2v) is 8.73. The van der Waals surface area contributed by atoms with E-state index in [0.29, 0.717) is 47.7 Å². The Morgan fingerprint density at radius 3 is 2.93 bits per heavy atom. The SMILES string of the molecule is COc1cccc(S(=O)(=O)Nc2sc3c(c2-c2nc(C)no2)CCOC3)c1. The number of rotatable bonds is 5. The fraction of sp³-hybridized carbons (Fsp3) is 0.294. The van der Waals surface area contributed by atoms with Crippen molar-refractivity contribution in [3.63, 3.8) is 0 Å². The van der Waals surface area contributed by atoms with E-state index in [-0.39, 0.29) is 4.90 Å². The summed E-state index contributed by atoms with van der Waals surface area (Å²) >= 11 is 1.32. The van der Waals surface area contributed by atoms with Gasteiger partial charge < -0.3 is 14.0 Å². The predicted molar refractivity (Wildman–Crippen MR) is 99.5 cm³/mol. The lowest BCUT2D eigenvalue weighted by Crippen LogP contribution is -2.13. The molecular weight excluding hydrogens is 390 g/mol.